The van der Waals surface area contributed by atoms with Crippen LogP contribution >= 0.6 is 0 Å². The number of aromatic amines is 1. The van der Waals surface area contributed by atoms with Gasteiger partial charge in [-0.15, -0.1) is 0 Å². The van der Waals surface area contributed by atoms with Gasteiger partial charge >= 0.3 is 5.97 Å². The van der Waals surface area contributed by atoms with Crippen LogP contribution in [0.5, 0.6) is 0 Å². The van der Waals surface area contributed by atoms with E-state index in [2.05, 4.69) is 41.6 Å². The lowest BCUT2D eigenvalue weighted by atomic mass is 9.99. The third-order valence-electron chi connectivity index (χ3n) is 11.4. The largest absolute Gasteiger partial charge is 0.480 e. The number of carboxylic acid groups (broad SMARTS) is 1. The number of carboxylic acids is 1. The number of nitrogens with two attached hydrogens (primary N) is 5. The van der Waals surface area contributed by atoms with Crippen LogP contribution in [-0.2, 0) is 46.4 Å². The summed E-state index contributed by atoms with van der Waals surface area (Å²) >= 11 is 0. The van der Waals surface area contributed by atoms with Gasteiger partial charge in [0.2, 0.25) is 35.4 Å². The molecule has 0 unspecified atom stereocenters. The fourth-order valence-corrected chi connectivity index (χ4v) is 7.77. The number of likely N-dealkylation sites (tertiary alicyclic amines) is 1. The number of carbonyl (C=O) groups is 7. The Labute approximate surface area is 393 Å². The van der Waals surface area contributed by atoms with Crippen LogP contribution in [0.4, 0.5) is 0 Å². The van der Waals surface area contributed by atoms with E-state index in [1.165, 1.54) is 4.90 Å². The number of hydrogen-bond acceptors (Lipinski definition) is 11. The molecule has 0 saturated carbocycles. The minimum atomic E-state index is -1.34. The van der Waals surface area contributed by atoms with Crippen LogP contribution in [0.2, 0.25) is 0 Å². The number of carbonyl (C=O) groups excluding carboxylic acids is 6. The van der Waals surface area contributed by atoms with Gasteiger partial charge in [-0.1, -0.05) is 62.4 Å². The second-order valence-electron chi connectivity index (χ2n) is 16.9. The highest BCUT2D eigenvalue weighted by Crippen LogP contribution is 2.22. The zero-order valence-corrected chi connectivity index (χ0v) is 38.4. The predicted molar refractivity (Wildman–Crippen MR) is 254 cm³/mol. The number of benzene rings is 2. The highest BCUT2D eigenvalue weighted by Gasteiger charge is 2.40. The molecule has 4 rings (SSSR count). The Balaban J connectivity index is 1.56. The van der Waals surface area contributed by atoms with Gasteiger partial charge in [0.25, 0.3) is 0 Å². The monoisotopic (exact) mass is 947 g/mol. The van der Waals surface area contributed by atoms with Gasteiger partial charge in [0.1, 0.15) is 42.3 Å². The zero-order valence-electron chi connectivity index (χ0n) is 38.4. The number of para-hydroxylation sites is 1. The van der Waals surface area contributed by atoms with Crippen molar-refractivity contribution in [2.45, 2.75) is 108 Å². The molecule has 1 aliphatic rings. The van der Waals surface area contributed by atoms with Gasteiger partial charge < -0.3 is 75.3 Å². The summed E-state index contributed by atoms with van der Waals surface area (Å²) in [6, 6.07) is 7.41. The molecule has 1 aliphatic heterocycles. The number of rotatable bonds is 26. The Hall–Kier alpha value is -7.27. The molecule has 1 fully saturated rings. The molecule has 1 saturated heterocycles. The molecule has 68 heavy (non-hydrogen) atoms. The summed E-state index contributed by atoms with van der Waals surface area (Å²) in [6.07, 6.45) is 2.76. The number of aromatic nitrogens is 1. The number of aliphatic hydroxyl groups excluding tert-OH is 1. The molecule has 0 radical (unpaired) electrons. The Morgan fingerprint density at radius 2 is 1.31 bits per heavy atom. The van der Waals surface area contributed by atoms with Crippen LogP contribution < -0.4 is 55.3 Å². The Morgan fingerprint density at radius 3 is 1.93 bits per heavy atom. The SMILES string of the molecule is CC(C)[C@H](NC(=O)[C@@H]1CCCN1C(=O)[C@H](CCCN=C(N)N)NC(=O)[C@H](CCCN=C(N)N)NC(=O)[C@@H](N)CO)C(=O)N[C@@H](Cc1c[nH]c2ccccc12)C(=O)N[C@@H](Cc1ccccc1)C(=O)O. The van der Waals surface area contributed by atoms with E-state index >= 15 is 0 Å². The third-order valence-corrected chi connectivity index (χ3v) is 11.4. The molecule has 2 aromatic carbocycles. The molecule has 2 heterocycles. The number of aliphatic carboxylic acids is 1. The van der Waals surface area contributed by atoms with Gasteiger partial charge in [-0.05, 0) is 61.6 Å². The lowest BCUT2D eigenvalue weighted by Crippen LogP contribution is -2.60. The number of H-pyrrole nitrogens is 1. The summed E-state index contributed by atoms with van der Waals surface area (Å²) in [5.74, 6) is -6.50. The van der Waals surface area contributed by atoms with Crippen molar-refractivity contribution in [1.29, 1.82) is 0 Å². The summed E-state index contributed by atoms with van der Waals surface area (Å²) in [6.45, 7) is 3.04. The van der Waals surface area contributed by atoms with Crippen molar-refractivity contribution in [3.05, 3.63) is 71.9 Å². The number of fused-ring (bicyclic) bond motifs is 1. The quantitative estimate of drug-likeness (QED) is 0.0226. The highest BCUT2D eigenvalue weighted by atomic mass is 16.4. The van der Waals surface area contributed by atoms with E-state index in [9.17, 15) is 43.8 Å². The van der Waals surface area contributed by atoms with E-state index in [0.717, 1.165) is 10.9 Å². The van der Waals surface area contributed by atoms with Crippen LogP contribution in [0.25, 0.3) is 10.9 Å². The smallest absolute Gasteiger partial charge is 0.326 e. The number of hydrogen-bond donors (Lipinski definition) is 13. The first-order valence-corrected chi connectivity index (χ1v) is 22.5. The molecule has 0 bridgehead atoms. The standard InChI is InChI=1S/C45H66N14O9/c1-25(2)36(41(65)56-33(22-27-23-53-30-14-7-6-13-28(27)30)39(63)57-34(43(67)68)21-26-11-4-3-5-12-26)58-40(64)35-17-10-20-59(35)42(66)32(16-9-19-52-45(49)50)55-38(62)31(15-8-18-51-44(47)48)54-37(61)29(46)24-60/h3-7,11-14,23,25,29,31-36,53,60H,8-10,15-22,24,46H2,1-2H3,(H,54,61)(H,55,62)(H,56,65)(H,57,63)(H,58,64)(H,67,68)(H4,47,48,51)(H4,49,50,52)/t29-,31-,32-,33-,34-,35-,36-/m0/s1. The molecule has 1 aromatic heterocycles. The molecule has 6 amide bonds. The van der Waals surface area contributed by atoms with Crippen LogP contribution in [-0.4, -0.2) is 142 Å². The van der Waals surface area contributed by atoms with E-state index in [1.54, 1.807) is 50.4 Å². The molecule has 23 heteroatoms. The van der Waals surface area contributed by atoms with Gasteiger partial charge in [0.05, 0.1) is 6.61 Å². The summed E-state index contributed by atoms with van der Waals surface area (Å²) in [4.78, 5) is 108. The molecule has 7 atom stereocenters. The van der Waals surface area contributed by atoms with Gasteiger partial charge in [0.15, 0.2) is 11.9 Å². The average Bonchev–Trinajstić information content (AvgIpc) is 3.97. The van der Waals surface area contributed by atoms with Crippen molar-refractivity contribution >= 4 is 64.2 Å². The molecular weight excluding hydrogens is 881 g/mol. The van der Waals surface area contributed by atoms with Crippen molar-refractivity contribution in [3.63, 3.8) is 0 Å². The average molecular weight is 947 g/mol. The third kappa shape index (κ3) is 16.0. The summed E-state index contributed by atoms with van der Waals surface area (Å²) in [5, 5.41) is 33.7. The van der Waals surface area contributed by atoms with E-state index in [1.807, 2.05) is 24.3 Å². The van der Waals surface area contributed by atoms with E-state index < -0.39 is 96.2 Å². The molecule has 23 nitrogen and oxygen atoms in total. The van der Waals surface area contributed by atoms with Crippen molar-refractivity contribution < 1.29 is 43.8 Å². The van der Waals surface area contributed by atoms with E-state index in [0.29, 0.717) is 17.5 Å². The normalized spacial score (nSPS) is 16.0. The lowest BCUT2D eigenvalue weighted by molar-refractivity contribution is -0.143. The van der Waals surface area contributed by atoms with Crippen molar-refractivity contribution in [2.75, 3.05) is 26.2 Å². The van der Waals surface area contributed by atoms with Crippen LogP contribution in [0.15, 0.2) is 70.8 Å². The van der Waals surface area contributed by atoms with Crippen molar-refractivity contribution in [2.24, 2.45) is 44.6 Å². The maximum absolute atomic E-state index is 14.4. The summed E-state index contributed by atoms with van der Waals surface area (Å²) < 4.78 is 0. The first-order valence-electron chi connectivity index (χ1n) is 22.5. The molecule has 370 valence electrons. The number of amides is 6. The Kier molecular flexibility index (Phi) is 20.5. The second-order valence-corrected chi connectivity index (χ2v) is 16.9. The van der Waals surface area contributed by atoms with Gasteiger partial charge in [-0.2, -0.15) is 0 Å². The number of aliphatic imine (C=N–C) groups is 2. The summed E-state index contributed by atoms with van der Waals surface area (Å²) in [7, 11) is 0. The van der Waals surface area contributed by atoms with E-state index in [-0.39, 0.29) is 76.5 Å². The Bertz CT molecular complexity index is 2260. The first-order chi connectivity index (χ1) is 32.4. The molecule has 18 N–H and O–H groups in total. The first kappa shape index (κ1) is 53.3. The van der Waals surface area contributed by atoms with Crippen molar-refractivity contribution in [3.8, 4) is 0 Å². The fourth-order valence-electron chi connectivity index (χ4n) is 7.77. The number of nitrogens with one attached hydrogen (secondary N) is 6. The van der Waals surface area contributed by atoms with Gasteiger partial charge in [-0.3, -0.25) is 38.8 Å². The maximum Gasteiger partial charge on any atom is 0.326 e. The number of aliphatic hydroxyl groups is 1. The topological polar surface area (TPSA) is 394 Å². The fraction of sp³-hybridized carbons (Fsp3) is 0.489. The van der Waals surface area contributed by atoms with Crippen molar-refractivity contribution in [1.82, 2.24) is 36.5 Å². The van der Waals surface area contributed by atoms with Gasteiger partial charge in [0, 0.05) is 49.6 Å². The molecule has 3 aromatic rings. The second kappa shape index (κ2) is 26.2. The number of nitrogens with zero attached hydrogens (tertiary/aromatic N) is 3. The Morgan fingerprint density at radius 1 is 0.735 bits per heavy atom. The van der Waals surface area contributed by atoms with Crippen LogP contribution in [0.3, 0.4) is 0 Å². The lowest BCUT2D eigenvalue weighted by Gasteiger charge is -2.31. The minimum absolute atomic E-state index is 0.0159. The van der Waals surface area contributed by atoms with Crippen LogP contribution in [0.1, 0.15) is 63.5 Å². The summed E-state index contributed by atoms with van der Waals surface area (Å²) in [5.41, 5.74) is 29.7. The molecule has 0 aliphatic carbocycles. The highest BCUT2D eigenvalue weighted by molar-refractivity contribution is 5.98. The zero-order chi connectivity index (χ0) is 49.9. The van der Waals surface area contributed by atoms with Crippen LogP contribution in [0, 0.1) is 5.92 Å². The molecular formula is C45H66N14O9. The predicted octanol–water partition coefficient (Wildman–Crippen LogP) is -2.46. The van der Waals surface area contributed by atoms with Gasteiger partial charge in [-0.25, -0.2) is 4.79 Å². The number of guanidine groups is 2. The van der Waals surface area contributed by atoms with E-state index in [4.69, 9.17) is 28.7 Å². The maximum atomic E-state index is 14.4. The molecule has 0 spiro atoms. The minimum Gasteiger partial charge on any atom is -0.480 e.